The molecule has 2 heterocycles. The fourth-order valence-electron chi connectivity index (χ4n) is 1.72. The summed E-state index contributed by atoms with van der Waals surface area (Å²) in [5, 5.41) is 6.69. The van der Waals surface area contributed by atoms with Crippen molar-refractivity contribution >= 4 is 22.7 Å². The van der Waals surface area contributed by atoms with Crippen LogP contribution >= 0.6 is 22.7 Å². The summed E-state index contributed by atoms with van der Waals surface area (Å²) < 4.78 is 0. The Morgan fingerprint density at radius 3 is 2.83 bits per heavy atom. The zero-order valence-electron chi connectivity index (χ0n) is 10.8. The van der Waals surface area contributed by atoms with Crippen molar-refractivity contribution in [3.05, 3.63) is 37.5 Å². The smallest absolute Gasteiger partial charge is 0.0941 e. The van der Waals surface area contributed by atoms with Crippen LogP contribution in [0.2, 0.25) is 0 Å². The number of hydrogen-bond donors (Lipinski definition) is 2. The van der Waals surface area contributed by atoms with E-state index in [1.54, 1.807) is 11.3 Å². The van der Waals surface area contributed by atoms with E-state index in [4.69, 9.17) is 5.73 Å². The lowest BCUT2D eigenvalue weighted by Gasteiger charge is -1.99. The van der Waals surface area contributed by atoms with Gasteiger partial charge >= 0.3 is 0 Å². The number of aryl methyl sites for hydroxylation is 2. The van der Waals surface area contributed by atoms with Gasteiger partial charge in [0.1, 0.15) is 0 Å². The molecule has 98 valence electrons. The first-order valence-corrected chi connectivity index (χ1v) is 7.78. The van der Waals surface area contributed by atoms with E-state index in [2.05, 4.69) is 35.6 Å². The number of nitrogens with one attached hydrogen (secondary N) is 1. The molecule has 2 rings (SSSR count). The molecule has 0 amide bonds. The van der Waals surface area contributed by atoms with Gasteiger partial charge in [-0.25, -0.2) is 4.98 Å². The van der Waals surface area contributed by atoms with Crippen LogP contribution in [0.1, 0.15) is 26.0 Å². The number of hydrogen-bond acceptors (Lipinski definition) is 5. The Labute approximate surface area is 116 Å². The third-order valence-corrected chi connectivity index (χ3v) is 4.89. The van der Waals surface area contributed by atoms with Crippen LogP contribution in [0.4, 0.5) is 0 Å². The molecule has 18 heavy (non-hydrogen) atoms. The number of thiophene rings is 1. The van der Waals surface area contributed by atoms with Gasteiger partial charge in [-0.05, 0) is 32.0 Å². The molecule has 0 unspecified atom stereocenters. The molecule has 0 aliphatic rings. The highest BCUT2D eigenvalue weighted by atomic mass is 32.1. The molecule has 5 heteroatoms. The first kappa shape index (κ1) is 13.7. The average molecular weight is 281 g/mol. The molecule has 0 bridgehead atoms. The van der Waals surface area contributed by atoms with E-state index >= 15 is 0 Å². The summed E-state index contributed by atoms with van der Waals surface area (Å²) in [6.07, 6.45) is 0.883. The van der Waals surface area contributed by atoms with Gasteiger partial charge in [-0.15, -0.1) is 22.7 Å². The van der Waals surface area contributed by atoms with Crippen molar-refractivity contribution in [1.29, 1.82) is 0 Å². The predicted molar refractivity (Wildman–Crippen MR) is 79.2 cm³/mol. The van der Waals surface area contributed by atoms with Crippen LogP contribution in [0.15, 0.2) is 11.4 Å². The minimum Gasteiger partial charge on any atom is -0.330 e. The largest absolute Gasteiger partial charge is 0.330 e. The highest BCUT2D eigenvalue weighted by Crippen LogP contribution is 2.20. The Balaban J connectivity index is 1.80. The summed E-state index contributed by atoms with van der Waals surface area (Å²) in [6, 6.07) is 2.26. The van der Waals surface area contributed by atoms with Crippen molar-refractivity contribution < 1.29 is 0 Å². The summed E-state index contributed by atoms with van der Waals surface area (Å²) >= 11 is 3.56. The van der Waals surface area contributed by atoms with Crippen molar-refractivity contribution in [2.45, 2.75) is 33.4 Å². The van der Waals surface area contributed by atoms with Gasteiger partial charge in [0.25, 0.3) is 0 Å². The molecule has 3 N–H and O–H groups in total. The molecule has 2 aromatic heterocycles. The minimum atomic E-state index is 0.675. The highest BCUT2D eigenvalue weighted by molar-refractivity contribution is 7.12. The molecule has 0 aliphatic carbocycles. The number of nitrogens with two attached hydrogens (primary N) is 1. The molecule has 0 radical (unpaired) electrons. The van der Waals surface area contributed by atoms with E-state index in [1.165, 1.54) is 15.3 Å². The number of rotatable bonds is 6. The molecular formula is C13H19N3S2. The van der Waals surface area contributed by atoms with E-state index < -0.39 is 0 Å². The molecular weight excluding hydrogens is 262 g/mol. The zero-order chi connectivity index (χ0) is 13.0. The Morgan fingerprint density at radius 1 is 1.33 bits per heavy atom. The van der Waals surface area contributed by atoms with Gasteiger partial charge in [0.2, 0.25) is 0 Å². The molecule has 0 saturated carbocycles. The average Bonchev–Trinajstić information content (AvgIpc) is 2.88. The molecule has 0 aliphatic heterocycles. The first-order valence-electron chi connectivity index (χ1n) is 6.09. The molecule has 2 aromatic rings. The highest BCUT2D eigenvalue weighted by Gasteiger charge is 2.03. The lowest BCUT2D eigenvalue weighted by molar-refractivity contribution is 0.687. The van der Waals surface area contributed by atoms with Crippen LogP contribution in [0.3, 0.4) is 0 Å². The second kappa shape index (κ2) is 6.43. The van der Waals surface area contributed by atoms with Gasteiger partial charge in [-0.1, -0.05) is 0 Å². The summed E-state index contributed by atoms with van der Waals surface area (Å²) in [7, 11) is 0. The van der Waals surface area contributed by atoms with Gasteiger partial charge in [0.05, 0.1) is 10.7 Å². The zero-order valence-corrected chi connectivity index (χ0v) is 12.5. The van der Waals surface area contributed by atoms with Gasteiger partial charge in [0.15, 0.2) is 0 Å². The normalized spacial score (nSPS) is 11.1. The van der Waals surface area contributed by atoms with Crippen LogP contribution < -0.4 is 11.1 Å². The second-order valence-corrected chi connectivity index (χ2v) is 6.61. The van der Waals surface area contributed by atoms with Gasteiger partial charge < -0.3 is 11.1 Å². The lowest BCUT2D eigenvalue weighted by atomic mass is 10.3. The molecule has 0 atom stereocenters. The van der Waals surface area contributed by atoms with Crippen LogP contribution in [0.5, 0.6) is 0 Å². The van der Waals surface area contributed by atoms with Gasteiger partial charge in [0, 0.05) is 34.6 Å². The lowest BCUT2D eigenvalue weighted by Crippen LogP contribution is -2.12. The van der Waals surface area contributed by atoms with Crippen molar-refractivity contribution in [2.24, 2.45) is 5.73 Å². The Hall–Kier alpha value is -0.750. The quantitative estimate of drug-likeness (QED) is 0.856. The fraction of sp³-hybridized carbons (Fsp3) is 0.462. The van der Waals surface area contributed by atoms with Gasteiger partial charge in [-0.2, -0.15) is 0 Å². The van der Waals surface area contributed by atoms with Gasteiger partial charge in [-0.3, -0.25) is 0 Å². The van der Waals surface area contributed by atoms with Crippen molar-refractivity contribution in [3.63, 3.8) is 0 Å². The third kappa shape index (κ3) is 3.62. The Bertz CT molecular complexity index is 483. The number of thiazole rings is 1. The Morgan fingerprint density at radius 2 is 2.17 bits per heavy atom. The topological polar surface area (TPSA) is 50.9 Å². The standard InChI is InChI=1S/C13H19N3S2/c1-9-5-12(18-10(9)2)7-15-6-11-8-17-13(16-11)3-4-14/h5,8,15H,3-4,6-7,14H2,1-2H3. The van der Waals surface area contributed by atoms with E-state index in [0.29, 0.717) is 6.54 Å². The van der Waals surface area contributed by atoms with E-state index in [9.17, 15) is 0 Å². The molecule has 3 nitrogen and oxygen atoms in total. The molecule has 0 spiro atoms. The molecule has 0 aromatic carbocycles. The van der Waals surface area contributed by atoms with Crippen LogP contribution in [-0.4, -0.2) is 11.5 Å². The SMILES string of the molecule is Cc1cc(CNCc2csc(CCN)n2)sc1C. The maximum atomic E-state index is 5.51. The summed E-state index contributed by atoms with van der Waals surface area (Å²) in [6.45, 7) is 6.76. The Kier molecular flexibility index (Phi) is 4.88. The maximum absolute atomic E-state index is 5.51. The third-order valence-electron chi connectivity index (χ3n) is 2.78. The van der Waals surface area contributed by atoms with Crippen molar-refractivity contribution in [1.82, 2.24) is 10.3 Å². The summed E-state index contributed by atoms with van der Waals surface area (Å²) in [5.41, 5.74) is 8.02. The second-order valence-electron chi connectivity index (χ2n) is 4.33. The fourth-order valence-corrected chi connectivity index (χ4v) is 3.56. The molecule has 0 saturated heterocycles. The molecule has 0 fully saturated rings. The van der Waals surface area contributed by atoms with E-state index in [-0.39, 0.29) is 0 Å². The van der Waals surface area contributed by atoms with E-state index in [1.807, 2.05) is 11.3 Å². The minimum absolute atomic E-state index is 0.675. The van der Waals surface area contributed by atoms with Crippen LogP contribution in [-0.2, 0) is 19.5 Å². The maximum Gasteiger partial charge on any atom is 0.0941 e. The monoisotopic (exact) mass is 281 g/mol. The predicted octanol–water partition coefficient (Wildman–Crippen LogP) is 2.61. The number of nitrogens with zero attached hydrogens (tertiary/aromatic N) is 1. The van der Waals surface area contributed by atoms with Crippen molar-refractivity contribution in [3.8, 4) is 0 Å². The first-order chi connectivity index (χ1) is 8.69. The van der Waals surface area contributed by atoms with Crippen LogP contribution in [0.25, 0.3) is 0 Å². The van der Waals surface area contributed by atoms with Crippen molar-refractivity contribution in [2.75, 3.05) is 6.54 Å². The summed E-state index contributed by atoms with van der Waals surface area (Å²) in [5.74, 6) is 0. The summed E-state index contributed by atoms with van der Waals surface area (Å²) in [4.78, 5) is 7.33. The van der Waals surface area contributed by atoms with Crippen LogP contribution in [0, 0.1) is 13.8 Å². The van der Waals surface area contributed by atoms with E-state index in [0.717, 1.165) is 30.2 Å². The number of aromatic nitrogens is 1.